The summed E-state index contributed by atoms with van der Waals surface area (Å²) in [6.45, 7) is 3.09. The number of aliphatic hydroxyl groups excluding tert-OH is 1. The molecule has 2 aliphatic heterocycles. The first kappa shape index (κ1) is 9.22. The summed E-state index contributed by atoms with van der Waals surface area (Å²) in [6.07, 6.45) is 5.75. The summed E-state index contributed by atoms with van der Waals surface area (Å²) in [5, 5.41) is 9.64. The van der Waals surface area contributed by atoms with E-state index in [1.54, 1.807) is 0 Å². The lowest BCUT2D eigenvalue weighted by molar-refractivity contribution is 0.142. The summed E-state index contributed by atoms with van der Waals surface area (Å²) in [7, 11) is 2.18. The van der Waals surface area contributed by atoms with E-state index < -0.39 is 0 Å². The Morgan fingerprint density at radius 3 is 2.92 bits per heavy atom. The van der Waals surface area contributed by atoms with Crippen molar-refractivity contribution in [2.45, 2.75) is 38.3 Å². The molecular weight excluding hydrogens is 162 g/mol. The Hall–Kier alpha value is -0.340. The Morgan fingerprint density at radius 1 is 1.54 bits per heavy atom. The van der Waals surface area contributed by atoms with Crippen LogP contribution in [0, 0.1) is 5.92 Å². The van der Waals surface area contributed by atoms with Crippen LogP contribution in [0.15, 0.2) is 11.6 Å². The molecule has 0 aromatic rings. The van der Waals surface area contributed by atoms with Crippen LogP contribution in [0.3, 0.4) is 0 Å². The number of rotatable bonds is 1. The van der Waals surface area contributed by atoms with Crippen LogP contribution in [0.25, 0.3) is 0 Å². The molecule has 13 heavy (non-hydrogen) atoms. The Bertz CT molecular complexity index is 222. The molecule has 3 aliphatic rings. The molecule has 2 bridgehead atoms. The molecule has 0 spiro atoms. The predicted octanol–water partition coefficient (Wildman–Crippen LogP) is 1.41. The zero-order valence-corrected chi connectivity index (χ0v) is 8.53. The second kappa shape index (κ2) is 3.43. The van der Waals surface area contributed by atoms with Gasteiger partial charge >= 0.3 is 0 Å². The zero-order valence-electron chi connectivity index (χ0n) is 8.53. The van der Waals surface area contributed by atoms with E-state index in [0.717, 1.165) is 5.92 Å². The fourth-order valence-electron chi connectivity index (χ4n) is 2.74. The lowest BCUT2D eigenvalue weighted by Crippen LogP contribution is -2.41. The molecule has 2 heteroatoms. The van der Waals surface area contributed by atoms with Crippen molar-refractivity contribution in [1.82, 2.24) is 4.90 Å². The van der Waals surface area contributed by atoms with Crippen molar-refractivity contribution in [3.05, 3.63) is 11.6 Å². The van der Waals surface area contributed by atoms with Gasteiger partial charge in [0.15, 0.2) is 0 Å². The van der Waals surface area contributed by atoms with Gasteiger partial charge in [-0.1, -0.05) is 6.08 Å². The average Bonchev–Trinajstić information content (AvgIpc) is 2.34. The Kier molecular flexibility index (Phi) is 2.43. The third-order valence-electron chi connectivity index (χ3n) is 3.48. The van der Waals surface area contributed by atoms with E-state index >= 15 is 0 Å². The Balaban J connectivity index is 2.22. The van der Waals surface area contributed by atoms with Crippen molar-refractivity contribution in [2.75, 3.05) is 13.6 Å². The van der Waals surface area contributed by atoms with E-state index in [9.17, 15) is 5.11 Å². The number of allylic oxidation sites excluding steroid dienone is 1. The molecule has 0 aromatic heterocycles. The first-order chi connectivity index (χ1) is 6.18. The molecule has 2 nitrogen and oxygen atoms in total. The van der Waals surface area contributed by atoms with Crippen molar-refractivity contribution >= 4 is 0 Å². The van der Waals surface area contributed by atoms with Gasteiger partial charge in [-0.3, -0.25) is 4.90 Å². The number of likely N-dealkylation sites (N-methyl/N-ethyl adjacent to an activating group) is 1. The topological polar surface area (TPSA) is 23.5 Å². The lowest BCUT2D eigenvalue weighted by Gasteiger charge is -2.36. The van der Waals surface area contributed by atoms with Crippen LogP contribution in [0.5, 0.6) is 0 Å². The van der Waals surface area contributed by atoms with Crippen molar-refractivity contribution in [1.29, 1.82) is 0 Å². The molecule has 3 unspecified atom stereocenters. The van der Waals surface area contributed by atoms with E-state index in [4.69, 9.17) is 0 Å². The van der Waals surface area contributed by atoms with E-state index in [1.165, 1.54) is 31.4 Å². The van der Waals surface area contributed by atoms with Gasteiger partial charge in [-0.15, -0.1) is 0 Å². The van der Waals surface area contributed by atoms with Gasteiger partial charge in [-0.05, 0) is 44.7 Å². The normalized spacial score (nSPS) is 37.0. The van der Waals surface area contributed by atoms with E-state index in [1.807, 2.05) is 6.92 Å². The predicted molar refractivity (Wildman–Crippen MR) is 53.5 cm³/mol. The van der Waals surface area contributed by atoms with Gasteiger partial charge in [0.25, 0.3) is 0 Å². The SMILES string of the molecule is CC(O)C1=CCC2CCC1N(C)C2. The number of fused-ring (bicyclic) bond motifs is 3. The number of hydrogen-bond donors (Lipinski definition) is 1. The summed E-state index contributed by atoms with van der Waals surface area (Å²) in [6, 6.07) is 0.513. The van der Waals surface area contributed by atoms with E-state index in [-0.39, 0.29) is 6.10 Å². The van der Waals surface area contributed by atoms with E-state index in [0.29, 0.717) is 6.04 Å². The minimum Gasteiger partial charge on any atom is -0.389 e. The molecule has 1 aliphatic carbocycles. The fraction of sp³-hybridized carbons (Fsp3) is 0.818. The number of piperidine rings is 1. The maximum Gasteiger partial charge on any atom is 0.0737 e. The largest absolute Gasteiger partial charge is 0.389 e. The second-order valence-corrected chi connectivity index (χ2v) is 4.51. The van der Waals surface area contributed by atoms with Crippen LogP contribution in [0.4, 0.5) is 0 Å². The van der Waals surface area contributed by atoms with Crippen LogP contribution in [0.2, 0.25) is 0 Å². The molecule has 1 fully saturated rings. The van der Waals surface area contributed by atoms with Crippen LogP contribution in [-0.2, 0) is 0 Å². The Labute approximate surface area is 80.2 Å². The summed E-state index contributed by atoms with van der Waals surface area (Å²) in [5.74, 6) is 0.831. The second-order valence-electron chi connectivity index (χ2n) is 4.51. The molecule has 0 aromatic carbocycles. The molecule has 0 radical (unpaired) electrons. The molecule has 1 N–H and O–H groups in total. The fourth-order valence-corrected chi connectivity index (χ4v) is 2.74. The number of hydrogen-bond acceptors (Lipinski definition) is 2. The maximum absolute atomic E-state index is 9.64. The first-order valence-electron chi connectivity index (χ1n) is 5.26. The molecule has 3 rings (SSSR count). The molecule has 0 saturated carbocycles. The van der Waals surface area contributed by atoms with Crippen molar-refractivity contribution in [3.8, 4) is 0 Å². The Morgan fingerprint density at radius 2 is 2.31 bits per heavy atom. The van der Waals surface area contributed by atoms with Gasteiger partial charge in [-0.2, -0.15) is 0 Å². The minimum atomic E-state index is -0.260. The van der Waals surface area contributed by atoms with Crippen molar-refractivity contribution < 1.29 is 5.11 Å². The number of nitrogens with zero attached hydrogens (tertiary/aromatic N) is 1. The first-order valence-corrected chi connectivity index (χ1v) is 5.26. The lowest BCUT2D eigenvalue weighted by atomic mass is 9.92. The van der Waals surface area contributed by atoms with Gasteiger partial charge in [0.2, 0.25) is 0 Å². The van der Waals surface area contributed by atoms with E-state index in [2.05, 4.69) is 18.0 Å². The highest BCUT2D eigenvalue weighted by Crippen LogP contribution is 2.33. The summed E-state index contributed by atoms with van der Waals surface area (Å²) < 4.78 is 0. The smallest absolute Gasteiger partial charge is 0.0737 e. The third kappa shape index (κ3) is 1.65. The quantitative estimate of drug-likeness (QED) is 0.618. The highest BCUT2D eigenvalue weighted by Gasteiger charge is 2.32. The maximum atomic E-state index is 9.64. The zero-order chi connectivity index (χ0) is 9.42. The molecule has 1 saturated heterocycles. The molecule has 2 heterocycles. The highest BCUT2D eigenvalue weighted by atomic mass is 16.3. The van der Waals surface area contributed by atoms with Crippen LogP contribution in [0.1, 0.15) is 26.2 Å². The third-order valence-corrected chi connectivity index (χ3v) is 3.48. The number of aliphatic hydroxyl groups is 1. The van der Waals surface area contributed by atoms with Crippen LogP contribution >= 0.6 is 0 Å². The molecule has 3 atom stereocenters. The average molecular weight is 181 g/mol. The van der Waals surface area contributed by atoms with Gasteiger partial charge in [-0.25, -0.2) is 0 Å². The van der Waals surface area contributed by atoms with Gasteiger partial charge < -0.3 is 5.11 Å². The standard InChI is InChI=1S/C11H19NO/c1-8(13)10-5-3-9-4-6-11(10)12(2)7-9/h5,8-9,11,13H,3-4,6-7H2,1-2H3. The summed E-state index contributed by atoms with van der Waals surface area (Å²) in [5.41, 5.74) is 1.25. The summed E-state index contributed by atoms with van der Waals surface area (Å²) in [4.78, 5) is 2.40. The van der Waals surface area contributed by atoms with Crippen LogP contribution < -0.4 is 0 Å². The molecule has 0 amide bonds. The van der Waals surface area contributed by atoms with Gasteiger partial charge in [0.1, 0.15) is 0 Å². The molecular formula is C11H19NO. The van der Waals surface area contributed by atoms with Gasteiger partial charge in [0.05, 0.1) is 6.10 Å². The van der Waals surface area contributed by atoms with Crippen molar-refractivity contribution in [2.24, 2.45) is 5.92 Å². The van der Waals surface area contributed by atoms with Gasteiger partial charge in [0, 0.05) is 12.6 Å². The molecule has 74 valence electrons. The minimum absolute atomic E-state index is 0.260. The van der Waals surface area contributed by atoms with Crippen molar-refractivity contribution in [3.63, 3.8) is 0 Å². The highest BCUT2D eigenvalue weighted by molar-refractivity contribution is 5.19. The monoisotopic (exact) mass is 181 g/mol. The summed E-state index contributed by atoms with van der Waals surface area (Å²) >= 11 is 0. The van der Waals surface area contributed by atoms with Crippen LogP contribution in [-0.4, -0.2) is 35.7 Å².